The Kier molecular flexibility index (Phi) is 4.54. The number of halogens is 2. The van der Waals surface area contributed by atoms with Gasteiger partial charge in [0.2, 0.25) is 5.28 Å². The zero-order valence-corrected chi connectivity index (χ0v) is 10.1. The van der Waals surface area contributed by atoms with Gasteiger partial charge in [-0.1, -0.05) is 18.2 Å². The molecule has 0 spiro atoms. The van der Waals surface area contributed by atoms with Gasteiger partial charge in [-0.2, -0.15) is 0 Å². The molecule has 86 valence electrons. The highest BCUT2D eigenvalue weighted by molar-refractivity contribution is 6.32. The predicted molar refractivity (Wildman–Crippen MR) is 65.9 cm³/mol. The van der Waals surface area contributed by atoms with Gasteiger partial charge < -0.3 is 10.7 Å². The number of nitrogens with two attached hydrogens (primary N) is 1. The van der Waals surface area contributed by atoms with E-state index in [0.717, 1.165) is 5.70 Å². The van der Waals surface area contributed by atoms with Crippen LogP contribution >= 0.6 is 23.2 Å². The number of allylic oxidation sites excluding steroid dienone is 2. The summed E-state index contributed by atoms with van der Waals surface area (Å²) >= 11 is 11.4. The van der Waals surface area contributed by atoms with Crippen LogP contribution in [0.1, 0.15) is 6.92 Å². The summed E-state index contributed by atoms with van der Waals surface area (Å²) in [7, 11) is 0. The summed E-state index contributed by atoms with van der Waals surface area (Å²) in [4.78, 5) is 7.65. The average Bonchev–Trinajstić information content (AvgIpc) is 2.15. The van der Waals surface area contributed by atoms with Crippen molar-refractivity contribution in [1.29, 1.82) is 0 Å². The van der Waals surface area contributed by atoms with Crippen LogP contribution in [-0.4, -0.2) is 9.97 Å². The van der Waals surface area contributed by atoms with E-state index in [-0.39, 0.29) is 10.4 Å². The molecule has 0 aliphatic heterocycles. The van der Waals surface area contributed by atoms with Gasteiger partial charge in [-0.05, 0) is 24.6 Å². The Hall–Kier alpha value is -1.30. The van der Waals surface area contributed by atoms with E-state index < -0.39 is 0 Å². The zero-order chi connectivity index (χ0) is 12.1. The molecule has 0 radical (unpaired) electrons. The molecule has 16 heavy (non-hydrogen) atoms. The van der Waals surface area contributed by atoms with Crippen LogP contribution in [0.3, 0.4) is 0 Å². The fourth-order valence-electron chi connectivity index (χ4n) is 0.958. The van der Waals surface area contributed by atoms with Crippen molar-refractivity contribution in [1.82, 2.24) is 15.4 Å². The SMILES string of the molecule is C=C(/C=C(/C)NN)Nc1cc(Cl)nc(Cl)n1. The second-order valence-electron chi connectivity index (χ2n) is 2.97. The third-order valence-corrected chi connectivity index (χ3v) is 1.94. The second-order valence-corrected chi connectivity index (χ2v) is 3.69. The molecule has 0 saturated carbocycles. The van der Waals surface area contributed by atoms with Gasteiger partial charge in [-0.3, -0.25) is 5.84 Å². The normalized spacial score (nSPS) is 11.1. The number of rotatable bonds is 4. The van der Waals surface area contributed by atoms with Crippen LogP contribution in [-0.2, 0) is 0 Å². The number of aromatic nitrogens is 2. The summed E-state index contributed by atoms with van der Waals surface area (Å²) < 4.78 is 0. The maximum atomic E-state index is 5.71. The van der Waals surface area contributed by atoms with E-state index in [2.05, 4.69) is 27.3 Å². The van der Waals surface area contributed by atoms with Gasteiger partial charge in [0.1, 0.15) is 11.0 Å². The minimum absolute atomic E-state index is 0.0699. The van der Waals surface area contributed by atoms with Crippen molar-refractivity contribution in [2.75, 3.05) is 5.32 Å². The van der Waals surface area contributed by atoms with Gasteiger partial charge in [0, 0.05) is 17.5 Å². The molecule has 0 aliphatic rings. The zero-order valence-electron chi connectivity index (χ0n) is 8.59. The van der Waals surface area contributed by atoms with Crippen molar-refractivity contribution >= 4 is 29.0 Å². The number of hydrogen-bond acceptors (Lipinski definition) is 5. The summed E-state index contributed by atoms with van der Waals surface area (Å²) in [6, 6.07) is 1.54. The summed E-state index contributed by atoms with van der Waals surface area (Å²) in [5, 5.41) is 3.23. The molecule has 1 rings (SSSR count). The molecule has 0 unspecified atom stereocenters. The maximum absolute atomic E-state index is 5.71. The van der Waals surface area contributed by atoms with Gasteiger partial charge >= 0.3 is 0 Å². The summed E-state index contributed by atoms with van der Waals surface area (Å²) in [6.45, 7) is 5.57. The number of hydrogen-bond donors (Lipinski definition) is 3. The van der Waals surface area contributed by atoms with Crippen molar-refractivity contribution in [2.24, 2.45) is 5.84 Å². The average molecular weight is 260 g/mol. The minimum atomic E-state index is 0.0699. The van der Waals surface area contributed by atoms with Crippen LogP contribution in [0.4, 0.5) is 5.82 Å². The summed E-state index contributed by atoms with van der Waals surface area (Å²) in [6.07, 6.45) is 1.71. The number of anilines is 1. The highest BCUT2D eigenvalue weighted by Gasteiger charge is 2.01. The molecule has 0 atom stereocenters. The van der Waals surface area contributed by atoms with Gasteiger partial charge in [0.05, 0.1) is 0 Å². The molecular weight excluding hydrogens is 249 g/mol. The van der Waals surface area contributed by atoms with Crippen LogP contribution in [0.15, 0.2) is 30.1 Å². The standard InChI is InChI=1S/C9H11Cl2N5/c1-5(3-6(2)16-12)13-8-4-7(10)14-9(11)15-8/h3-4,16H,1,12H2,2H3,(H,13,14,15)/b6-3-. The van der Waals surface area contributed by atoms with Crippen molar-refractivity contribution in [3.05, 3.63) is 40.6 Å². The smallest absolute Gasteiger partial charge is 0.225 e. The van der Waals surface area contributed by atoms with E-state index in [1.54, 1.807) is 13.0 Å². The van der Waals surface area contributed by atoms with E-state index in [1.807, 2.05) is 0 Å². The van der Waals surface area contributed by atoms with Gasteiger partial charge in [0.25, 0.3) is 0 Å². The lowest BCUT2D eigenvalue weighted by Crippen LogP contribution is -2.19. The molecular formula is C9H11Cl2N5. The first-order chi connectivity index (χ1) is 7.51. The van der Waals surface area contributed by atoms with Crippen LogP contribution in [0.2, 0.25) is 10.4 Å². The van der Waals surface area contributed by atoms with E-state index in [0.29, 0.717) is 11.5 Å². The summed E-state index contributed by atoms with van der Waals surface area (Å²) in [5.74, 6) is 5.68. The number of nitrogens with one attached hydrogen (secondary N) is 2. The lowest BCUT2D eigenvalue weighted by atomic mass is 10.3. The Morgan fingerprint density at radius 1 is 1.50 bits per heavy atom. The molecule has 0 amide bonds. The van der Waals surface area contributed by atoms with Gasteiger partial charge in [-0.25, -0.2) is 9.97 Å². The fourth-order valence-corrected chi connectivity index (χ4v) is 1.37. The predicted octanol–water partition coefficient (Wildman–Crippen LogP) is 2.08. The van der Waals surface area contributed by atoms with E-state index in [9.17, 15) is 0 Å². The Bertz CT molecular complexity index is 410. The van der Waals surface area contributed by atoms with E-state index in [1.165, 1.54) is 6.07 Å². The lowest BCUT2D eigenvalue weighted by molar-refractivity contribution is 0.884. The molecule has 5 nitrogen and oxygen atoms in total. The first-order valence-electron chi connectivity index (χ1n) is 4.32. The first-order valence-corrected chi connectivity index (χ1v) is 5.08. The first kappa shape index (κ1) is 12.8. The topological polar surface area (TPSA) is 75.9 Å². The molecule has 0 aliphatic carbocycles. The fraction of sp³-hybridized carbons (Fsp3) is 0.111. The number of hydrazine groups is 1. The van der Waals surface area contributed by atoms with Crippen LogP contribution in [0, 0.1) is 0 Å². The molecule has 1 heterocycles. The monoisotopic (exact) mass is 259 g/mol. The van der Waals surface area contributed by atoms with Crippen LogP contribution in [0.5, 0.6) is 0 Å². The molecule has 0 saturated heterocycles. The third-order valence-electron chi connectivity index (χ3n) is 1.57. The van der Waals surface area contributed by atoms with Crippen LogP contribution < -0.4 is 16.6 Å². The minimum Gasteiger partial charge on any atom is -0.341 e. The molecule has 1 aromatic rings. The molecule has 0 aromatic carbocycles. The molecule has 1 aromatic heterocycles. The van der Waals surface area contributed by atoms with Crippen molar-refractivity contribution in [3.63, 3.8) is 0 Å². The van der Waals surface area contributed by atoms with Crippen LogP contribution in [0.25, 0.3) is 0 Å². The molecule has 7 heteroatoms. The van der Waals surface area contributed by atoms with E-state index >= 15 is 0 Å². The van der Waals surface area contributed by atoms with Crippen molar-refractivity contribution in [2.45, 2.75) is 6.92 Å². The number of nitrogens with zero attached hydrogens (tertiary/aromatic N) is 2. The highest BCUT2D eigenvalue weighted by atomic mass is 35.5. The quantitative estimate of drug-likeness (QED) is 0.254. The molecule has 4 N–H and O–H groups in total. The summed E-state index contributed by atoms with van der Waals surface area (Å²) in [5.41, 5.74) is 3.83. The van der Waals surface area contributed by atoms with Gasteiger partial charge in [-0.15, -0.1) is 0 Å². The Morgan fingerprint density at radius 3 is 2.75 bits per heavy atom. The third kappa shape index (κ3) is 4.06. The second kappa shape index (κ2) is 5.69. The molecule has 0 fully saturated rings. The maximum Gasteiger partial charge on any atom is 0.225 e. The van der Waals surface area contributed by atoms with E-state index in [4.69, 9.17) is 29.0 Å². The Balaban J connectivity index is 2.77. The Labute approximate surface area is 103 Å². The lowest BCUT2D eigenvalue weighted by Gasteiger charge is -2.06. The van der Waals surface area contributed by atoms with Crippen molar-refractivity contribution in [3.8, 4) is 0 Å². The molecule has 0 bridgehead atoms. The highest BCUT2D eigenvalue weighted by Crippen LogP contribution is 2.15. The largest absolute Gasteiger partial charge is 0.341 e. The van der Waals surface area contributed by atoms with Crippen molar-refractivity contribution < 1.29 is 0 Å². The Morgan fingerprint density at radius 2 is 2.19 bits per heavy atom. The van der Waals surface area contributed by atoms with Gasteiger partial charge in [0.15, 0.2) is 0 Å².